The average Bonchev–Trinajstić information content (AvgIpc) is 3.13. The highest BCUT2D eigenvalue weighted by molar-refractivity contribution is 7.89. The van der Waals surface area contributed by atoms with Crippen molar-refractivity contribution >= 4 is 10.0 Å². The molecule has 116 valence electrons. The van der Waals surface area contributed by atoms with Crippen LogP contribution in [0.15, 0.2) is 0 Å². The molecule has 0 amide bonds. The lowest BCUT2D eigenvalue weighted by molar-refractivity contribution is 0.185. The summed E-state index contributed by atoms with van der Waals surface area (Å²) in [6.45, 7) is 3.58. The first kappa shape index (κ1) is 14.8. The Balaban J connectivity index is 1.48. The normalized spacial score (nSPS) is 38.5. The van der Waals surface area contributed by atoms with Gasteiger partial charge in [0.05, 0.1) is 5.75 Å². The number of fused-ring (bicyclic) bond motifs is 2. The molecule has 5 heteroatoms. The smallest absolute Gasteiger partial charge is 0.211 e. The molecule has 0 aromatic carbocycles. The second kappa shape index (κ2) is 5.93. The van der Waals surface area contributed by atoms with E-state index in [9.17, 15) is 8.42 Å². The van der Waals surface area contributed by atoms with E-state index < -0.39 is 10.0 Å². The molecule has 1 aliphatic heterocycles. The molecule has 5 unspecified atom stereocenters. The summed E-state index contributed by atoms with van der Waals surface area (Å²) in [7, 11) is -3.13. The molecule has 0 spiro atoms. The van der Waals surface area contributed by atoms with Crippen molar-refractivity contribution < 1.29 is 13.2 Å². The number of hydrogen-bond donors (Lipinski definition) is 1. The second-order valence-corrected chi connectivity index (χ2v) is 8.96. The van der Waals surface area contributed by atoms with Crippen LogP contribution in [-0.2, 0) is 14.8 Å². The maximum atomic E-state index is 12.2. The van der Waals surface area contributed by atoms with Gasteiger partial charge < -0.3 is 4.74 Å². The largest absolute Gasteiger partial charge is 0.381 e. The summed E-state index contributed by atoms with van der Waals surface area (Å²) in [5, 5.41) is 0. The summed E-state index contributed by atoms with van der Waals surface area (Å²) in [5.74, 6) is 2.89. The fourth-order valence-corrected chi connectivity index (χ4v) is 5.97. The Morgan fingerprint density at radius 1 is 1.25 bits per heavy atom. The summed E-state index contributed by atoms with van der Waals surface area (Å²) in [6, 6.07) is 0.107. The minimum Gasteiger partial charge on any atom is -0.381 e. The van der Waals surface area contributed by atoms with E-state index >= 15 is 0 Å². The van der Waals surface area contributed by atoms with Crippen molar-refractivity contribution in [3.05, 3.63) is 0 Å². The number of nitrogens with one attached hydrogen (secondary N) is 1. The SMILES string of the molecule is CC(NS(=O)(=O)CCC1CCOC1)C1CC2CCC1C2. The van der Waals surface area contributed by atoms with Crippen LogP contribution >= 0.6 is 0 Å². The van der Waals surface area contributed by atoms with Crippen molar-refractivity contribution in [2.75, 3.05) is 19.0 Å². The molecule has 2 saturated carbocycles. The highest BCUT2D eigenvalue weighted by Crippen LogP contribution is 2.49. The van der Waals surface area contributed by atoms with Gasteiger partial charge in [0.25, 0.3) is 0 Å². The molecule has 20 heavy (non-hydrogen) atoms. The third-order valence-corrected chi connectivity index (χ3v) is 7.12. The summed E-state index contributed by atoms with van der Waals surface area (Å²) >= 11 is 0. The van der Waals surface area contributed by atoms with Gasteiger partial charge in [-0.15, -0.1) is 0 Å². The molecular weight excluding hydrogens is 274 g/mol. The zero-order valence-electron chi connectivity index (χ0n) is 12.4. The van der Waals surface area contributed by atoms with Crippen LogP contribution in [0.4, 0.5) is 0 Å². The molecule has 0 aromatic heterocycles. The highest BCUT2D eigenvalue weighted by atomic mass is 32.2. The van der Waals surface area contributed by atoms with Crippen LogP contribution < -0.4 is 4.72 Å². The minimum atomic E-state index is -3.13. The maximum absolute atomic E-state index is 12.2. The number of ether oxygens (including phenoxy) is 1. The summed E-state index contributed by atoms with van der Waals surface area (Å²) in [5.41, 5.74) is 0. The fraction of sp³-hybridized carbons (Fsp3) is 1.00. The zero-order chi connectivity index (χ0) is 14.2. The molecule has 1 N–H and O–H groups in total. The van der Waals surface area contributed by atoms with Crippen LogP contribution in [0.2, 0.25) is 0 Å². The van der Waals surface area contributed by atoms with Crippen molar-refractivity contribution in [3.63, 3.8) is 0 Å². The lowest BCUT2D eigenvalue weighted by Crippen LogP contribution is -2.41. The van der Waals surface area contributed by atoms with Gasteiger partial charge in [0.15, 0.2) is 0 Å². The maximum Gasteiger partial charge on any atom is 0.211 e. The third kappa shape index (κ3) is 3.37. The summed E-state index contributed by atoms with van der Waals surface area (Å²) in [6.07, 6.45) is 6.97. The van der Waals surface area contributed by atoms with Crippen LogP contribution in [0.25, 0.3) is 0 Å². The van der Waals surface area contributed by atoms with Crippen LogP contribution in [0.1, 0.15) is 45.4 Å². The van der Waals surface area contributed by atoms with Gasteiger partial charge >= 0.3 is 0 Å². The molecule has 3 fully saturated rings. The molecule has 3 aliphatic rings. The number of hydrogen-bond acceptors (Lipinski definition) is 3. The lowest BCUT2D eigenvalue weighted by atomic mass is 9.84. The Bertz CT molecular complexity index is 430. The Hall–Kier alpha value is -0.130. The van der Waals surface area contributed by atoms with Gasteiger partial charge in [-0.05, 0) is 62.7 Å². The highest BCUT2D eigenvalue weighted by Gasteiger charge is 2.42. The lowest BCUT2D eigenvalue weighted by Gasteiger charge is -2.28. The molecule has 5 atom stereocenters. The Morgan fingerprint density at radius 3 is 2.70 bits per heavy atom. The van der Waals surface area contributed by atoms with Gasteiger partial charge in [0.1, 0.15) is 0 Å². The molecule has 0 aromatic rings. The molecular formula is C15H27NO3S. The quantitative estimate of drug-likeness (QED) is 0.818. The van der Waals surface area contributed by atoms with Gasteiger partial charge in [0, 0.05) is 19.3 Å². The van der Waals surface area contributed by atoms with E-state index in [0.29, 0.717) is 11.8 Å². The number of rotatable bonds is 6. The van der Waals surface area contributed by atoms with Gasteiger partial charge in [-0.3, -0.25) is 0 Å². The van der Waals surface area contributed by atoms with E-state index in [2.05, 4.69) is 11.6 Å². The molecule has 1 heterocycles. The molecule has 1 saturated heterocycles. The monoisotopic (exact) mass is 301 g/mol. The van der Waals surface area contributed by atoms with Gasteiger partial charge in [-0.1, -0.05) is 6.42 Å². The standard InChI is InChI=1S/C15H27NO3S/c1-11(15-9-13-2-3-14(15)8-13)16-20(17,18)7-5-12-4-6-19-10-12/h11-16H,2-10H2,1H3. The molecule has 4 nitrogen and oxygen atoms in total. The third-order valence-electron chi connectivity index (χ3n) is 5.62. The van der Waals surface area contributed by atoms with Crippen molar-refractivity contribution in [1.82, 2.24) is 4.72 Å². The molecule has 0 radical (unpaired) electrons. The van der Waals surface area contributed by atoms with E-state index in [4.69, 9.17) is 4.74 Å². The van der Waals surface area contributed by atoms with E-state index in [1.165, 1.54) is 25.7 Å². The van der Waals surface area contributed by atoms with E-state index in [1.54, 1.807) is 0 Å². The van der Waals surface area contributed by atoms with Crippen molar-refractivity contribution in [2.45, 2.75) is 51.5 Å². The van der Waals surface area contributed by atoms with Crippen molar-refractivity contribution in [3.8, 4) is 0 Å². The molecule has 2 aliphatic carbocycles. The van der Waals surface area contributed by atoms with Gasteiger partial charge in [-0.25, -0.2) is 13.1 Å². The summed E-state index contributed by atoms with van der Waals surface area (Å²) in [4.78, 5) is 0. The van der Waals surface area contributed by atoms with Crippen LogP contribution in [-0.4, -0.2) is 33.4 Å². The Kier molecular flexibility index (Phi) is 4.39. The predicted molar refractivity (Wildman–Crippen MR) is 78.9 cm³/mol. The van der Waals surface area contributed by atoms with Crippen molar-refractivity contribution in [2.24, 2.45) is 23.7 Å². The Morgan fingerprint density at radius 2 is 2.10 bits per heavy atom. The van der Waals surface area contributed by atoms with E-state index in [-0.39, 0.29) is 11.8 Å². The van der Waals surface area contributed by atoms with E-state index in [1.807, 2.05) is 0 Å². The predicted octanol–water partition coefficient (Wildman–Crippen LogP) is 2.16. The topological polar surface area (TPSA) is 55.4 Å². The average molecular weight is 301 g/mol. The summed E-state index contributed by atoms with van der Waals surface area (Å²) < 4.78 is 32.7. The first-order valence-electron chi connectivity index (χ1n) is 8.11. The number of sulfonamides is 1. The van der Waals surface area contributed by atoms with Crippen LogP contribution in [0.5, 0.6) is 0 Å². The fourth-order valence-electron chi connectivity index (χ4n) is 4.47. The van der Waals surface area contributed by atoms with Crippen molar-refractivity contribution in [1.29, 1.82) is 0 Å². The zero-order valence-corrected chi connectivity index (χ0v) is 13.2. The minimum absolute atomic E-state index is 0.107. The van der Waals surface area contributed by atoms with Gasteiger partial charge in [0.2, 0.25) is 10.0 Å². The van der Waals surface area contributed by atoms with Crippen LogP contribution in [0.3, 0.4) is 0 Å². The Labute approximate surface area is 122 Å². The molecule has 2 bridgehead atoms. The first-order chi connectivity index (χ1) is 9.53. The molecule has 3 rings (SSSR count). The van der Waals surface area contributed by atoms with Crippen LogP contribution in [0, 0.1) is 23.7 Å². The first-order valence-corrected chi connectivity index (χ1v) is 9.76. The second-order valence-electron chi connectivity index (χ2n) is 7.08. The van der Waals surface area contributed by atoms with E-state index in [0.717, 1.165) is 37.9 Å². The van der Waals surface area contributed by atoms with Gasteiger partial charge in [-0.2, -0.15) is 0 Å².